The fourth-order valence-corrected chi connectivity index (χ4v) is 1.83. The molecule has 0 saturated heterocycles. The van der Waals surface area contributed by atoms with Crippen LogP contribution in [0.25, 0.3) is 0 Å². The molecule has 140 valence electrons. The molecule has 0 bridgehead atoms. The normalized spacial score (nSPS) is 9.85. The fourth-order valence-electron chi connectivity index (χ4n) is 1.83. The van der Waals surface area contributed by atoms with Crippen LogP contribution in [0.2, 0.25) is 0 Å². The van der Waals surface area contributed by atoms with Gasteiger partial charge in [-0.05, 0) is 6.07 Å². The lowest BCUT2D eigenvalue weighted by atomic mass is 10.2. The van der Waals surface area contributed by atoms with Gasteiger partial charge in [0, 0.05) is 19.0 Å². The lowest BCUT2D eigenvalue weighted by Crippen LogP contribution is -2.39. The second kappa shape index (κ2) is 9.51. The molecule has 0 radical (unpaired) electrons. The summed E-state index contributed by atoms with van der Waals surface area (Å²) in [7, 11) is 0. The zero-order chi connectivity index (χ0) is 19.7. The number of rotatable bonds is 10. The molecule has 1 rings (SSSR count). The summed E-state index contributed by atoms with van der Waals surface area (Å²) in [5.41, 5.74) is -1.51. The minimum atomic E-state index is -1.23. The Morgan fingerprint density at radius 1 is 1.00 bits per heavy atom. The van der Waals surface area contributed by atoms with E-state index in [2.05, 4.69) is 10.6 Å². The Hall–Kier alpha value is -3.77. The molecule has 0 atom stereocenters. The van der Waals surface area contributed by atoms with Crippen molar-refractivity contribution in [2.24, 2.45) is 0 Å². The Balaban J connectivity index is 2.53. The summed E-state index contributed by atoms with van der Waals surface area (Å²) in [6.07, 6.45) is -0.175. The summed E-state index contributed by atoms with van der Waals surface area (Å²) in [5.74, 6) is -2.49. The molecular formula is C13H15N5O8. The standard InChI is InChI=1S/C13H15N5O8/c19-10(15-6-11(20)16-7-12(21)22)4-5-14-8-2-1-3-9(17(23)24)13(8)18(25)26/h1-3,14H,4-7H2,(H,15,19)(H,16,20)(H,21,22). The van der Waals surface area contributed by atoms with Crippen LogP contribution in [0, 0.1) is 20.2 Å². The Kier molecular flexibility index (Phi) is 7.41. The third kappa shape index (κ3) is 6.38. The molecule has 1 aromatic rings. The molecule has 0 aliphatic carbocycles. The topological polar surface area (TPSA) is 194 Å². The predicted molar refractivity (Wildman–Crippen MR) is 86.5 cm³/mol. The van der Waals surface area contributed by atoms with Gasteiger partial charge in [-0.1, -0.05) is 6.07 Å². The van der Waals surface area contributed by atoms with E-state index in [1.54, 1.807) is 0 Å². The van der Waals surface area contributed by atoms with Crippen LogP contribution in [0.1, 0.15) is 6.42 Å². The first-order chi connectivity index (χ1) is 12.2. The van der Waals surface area contributed by atoms with Gasteiger partial charge < -0.3 is 21.1 Å². The van der Waals surface area contributed by atoms with Crippen LogP contribution in [0.4, 0.5) is 17.1 Å². The van der Waals surface area contributed by atoms with Crippen LogP contribution in [0.15, 0.2) is 18.2 Å². The van der Waals surface area contributed by atoms with Gasteiger partial charge in [0.05, 0.1) is 16.4 Å². The molecule has 0 aliphatic rings. The Labute approximate surface area is 145 Å². The summed E-state index contributed by atoms with van der Waals surface area (Å²) >= 11 is 0. The number of carboxylic acids is 1. The van der Waals surface area contributed by atoms with E-state index in [-0.39, 0.29) is 18.7 Å². The van der Waals surface area contributed by atoms with Gasteiger partial charge in [0.25, 0.3) is 0 Å². The second-order valence-corrected chi connectivity index (χ2v) is 4.81. The summed E-state index contributed by atoms with van der Waals surface area (Å²) in [6, 6.07) is 3.52. The second-order valence-electron chi connectivity index (χ2n) is 4.81. The number of hydrogen-bond donors (Lipinski definition) is 4. The van der Waals surface area contributed by atoms with Gasteiger partial charge in [-0.3, -0.25) is 34.6 Å². The Morgan fingerprint density at radius 2 is 1.65 bits per heavy atom. The SMILES string of the molecule is O=C(O)CNC(=O)CNC(=O)CCNc1cccc([N+](=O)[O-])c1[N+](=O)[O-]. The average Bonchev–Trinajstić information content (AvgIpc) is 2.57. The molecule has 0 heterocycles. The van der Waals surface area contributed by atoms with E-state index in [1.165, 1.54) is 12.1 Å². The van der Waals surface area contributed by atoms with Crippen molar-refractivity contribution < 1.29 is 29.3 Å². The monoisotopic (exact) mass is 369 g/mol. The van der Waals surface area contributed by atoms with Crippen molar-refractivity contribution >= 4 is 34.8 Å². The maximum atomic E-state index is 11.6. The van der Waals surface area contributed by atoms with Gasteiger partial charge in [0.1, 0.15) is 12.2 Å². The zero-order valence-electron chi connectivity index (χ0n) is 13.3. The molecule has 4 N–H and O–H groups in total. The smallest absolute Gasteiger partial charge is 0.368 e. The van der Waals surface area contributed by atoms with Crippen molar-refractivity contribution in [3.63, 3.8) is 0 Å². The van der Waals surface area contributed by atoms with Crippen molar-refractivity contribution in [2.45, 2.75) is 6.42 Å². The first-order valence-electron chi connectivity index (χ1n) is 7.13. The molecule has 13 heteroatoms. The van der Waals surface area contributed by atoms with E-state index in [4.69, 9.17) is 5.11 Å². The summed E-state index contributed by atoms with van der Waals surface area (Å²) in [6.45, 7) is -1.08. The lowest BCUT2D eigenvalue weighted by molar-refractivity contribution is -0.421. The van der Waals surface area contributed by atoms with Gasteiger partial charge in [-0.15, -0.1) is 0 Å². The van der Waals surface area contributed by atoms with Crippen molar-refractivity contribution in [1.82, 2.24) is 10.6 Å². The number of nitrogens with zero attached hydrogens (tertiary/aromatic N) is 2. The molecule has 0 fully saturated rings. The fraction of sp³-hybridized carbons (Fsp3) is 0.308. The number of hydrogen-bond acceptors (Lipinski definition) is 8. The highest BCUT2D eigenvalue weighted by atomic mass is 16.6. The van der Waals surface area contributed by atoms with E-state index in [0.717, 1.165) is 6.07 Å². The third-order valence-corrected chi connectivity index (χ3v) is 2.94. The minimum absolute atomic E-state index is 0.0788. The Morgan fingerprint density at radius 3 is 2.23 bits per heavy atom. The summed E-state index contributed by atoms with van der Waals surface area (Å²) < 4.78 is 0. The number of carbonyl (C=O) groups is 3. The molecule has 1 aromatic carbocycles. The average molecular weight is 369 g/mol. The minimum Gasteiger partial charge on any atom is -0.480 e. The third-order valence-electron chi connectivity index (χ3n) is 2.94. The molecule has 26 heavy (non-hydrogen) atoms. The van der Waals surface area contributed by atoms with E-state index >= 15 is 0 Å². The Bertz CT molecular complexity index is 735. The highest BCUT2D eigenvalue weighted by molar-refractivity contribution is 5.86. The van der Waals surface area contributed by atoms with E-state index in [0.29, 0.717) is 0 Å². The van der Waals surface area contributed by atoms with Gasteiger partial charge >= 0.3 is 17.3 Å². The van der Waals surface area contributed by atoms with Crippen LogP contribution >= 0.6 is 0 Å². The number of carbonyl (C=O) groups excluding carboxylic acids is 2. The van der Waals surface area contributed by atoms with Crippen molar-refractivity contribution in [2.75, 3.05) is 25.0 Å². The molecule has 0 aromatic heterocycles. The van der Waals surface area contributed by atoms with Gasteiger partial charge in [0.15, 0.2) is 0 Å². The summed E-state index contributed by atoms with van der Waals surface area (Å²) in [4.78, 5) is 53.2. The first kappa shape index (κ1) is 20.3. The van der Waals surface area contributed by atoms with E-state index < -0.39 is 52.1 Å². The highest BCUT2D eigenvalue weighted by Crippen LogP contribution is 2.34. The van der Waals surface area contributed by atoms with Crippen LogP contribution in [0.5, 0.6) is 0 Å². The predicted octanol–water partition coefficient (Wildman–Crippen LogP) is -0.378. The molecule has 0 spiro atoms. The maximum absolute atomic E-state index is 11.6. The molecule has 13 nitrogen and oxygen atoms in total. The lowest BCUT2D eigenvalue weighted by Gasteiger charge is -2.08. The van der Waals surface area contributed by atoms with Crippen LogP contribution in [-0.4, -0.2) is 52.4 Å². The van der Waals surface area contributed by atoms with Gasteiger partial charge in [-0.25, -0.2) is 0 Å². The number of nitro groups is 2. The maximum Gasteiger partial charge on any atom is 0.368 e. The van der Waals surface area contributed by atoms with Crippen molar-refractivity contribution in [1.29, 1.82) is 0 Å². The van der Waals surface area contributed by atoms with Crippen molar-refractivity contribution in [3.8, 4) is 0 Å². The zero-order valence-corrected chi connectivity index (χ0v) is 13.3. The first-order valence-corrected chi connectivity index (χ1v) is 7.13. The quantitative estimate of drug-likeness (QED) is 0.314. The van der Waals surface area contributed by atoms with Gasteiger partial charge in [0.2, 0.25) is 11.8 Å². The molecule has 2 amide bonds. The number of para-hydroxylation sites is 1. The van der Waals surface area contributed by atoms with E-state index in [9.17, 15) is 34.6 Å². The van der Waals surface area contributed by atoms with Gasteiger partial charge in [-0.2, -0.15) is 0 Å². The highest BCUT2D eigenvalue weighted by Gasteiger charge is 2.27. The van der Waals surface area contributed by atoms with E-state index in [1.807, 2.05) is 5.32 Å². The number of carboxylic acid groups (broad SMARTS) is 1. The van der Waals surface area contributed by atoms with Crippen molar-refractivity contribution in [3.05, 3.63) is 38.4 Å². The largest absolute Gasteiger partial charge is 0.480 e. The number of benzene rings is 1. The number of anilines is 1. The van der Waals surface area contributed by atoms with Crippen LogP contribution in [-0.2, 0) is 14.4 Å². The molecule has 0 saturated carbocycles. The number of nitrogens with one attached hydrogen (secondary N) is 3. The molecule has 0 unspecified atom stereocenters. The van der Waals surface area contributed by atoms with Crippen LogP contribution < -0.4 is 16.0 Å². The molecule has 0 aliphatic heterocycles. The molecular weight excluding hydrogens is 354 g/mol. The number of amides is 2. The summed E-state index contributed by atoms with van der Waals surface area (Å²) in [5, 5.41) is 37.1. The number of nitro benzene ring substituents is 2. The van der Waals surface area contributed by atoms with Crippen LogP contribution in [0.3, 0.4) is 0 Å². The number of aliphatic carboxylic acids is 1.